The SMILES string of the molecule is Cc1cc(C)c(NC(=O)[C@@H]2CSC(=O)[C@H](C)N2)c(C)c1. The van der Waals surface area contributed by atoms with Crippen molar-refractivity contribution in [1.29, 1.82) is 0 Å². The Morgan fingerprint density at radius 1 is 1.30 bits per heavy atom. The van der Waals surface area contributed by atoms with Crippen LogP contribution in [-0.4, -0.2) is 28.9 Å². The monoisotopic (exact) mass is 292 g/mol. The van der Waals surface area contributed by atoms with Crippen molar-refractivity contribution in [1.82, 2.24) is 5.32 Å². The van der Waals surface area contributed by atoms with Crippen molar-refractivity contribution in [2.24, 2.45) is 0 Å². The zero-order valence-electron chi connectivity index (χ0n) is 12.2. The molecule has 0 radical (unpaired) electrons. The number of benzene rings is 1. The van der Waals surface area contributed by atoms with Gasteiger partial charge in [0.1, 0.15) is 0 Å². The van der Waals surface area contributed by atoms with Gasteiger partial charge in [-0.25, -0.2) is 0 Å². The molecule has 0 saturated carbocycles. The van der Waals surface area contributed by atoms with Crippen LogP contribution in [0, 0.1) is 20.8 Å². The molecular weight excluding hydrogens is 272 g/mol. The number of hydrogen-bond acceptors (Lipinski definition) is 4. The fourth-order valence-electron chi connectivity index (χ4n) is 2.45. The lowest BCUT2D eigenvalue weighted by atomic mass is 10.0. The van der Waals surface area contributed by atoms with Crippen molar-refractivity contribution in [3.63, 3.8) is 0 Å². The van der Waals surface area contributed by atoms with E-state index in [1.165, 1.54) is 17.3 Å². The van der Waals surface area contributed by atoms with Crippen LogP contribution in [0.15, 0.2) is 12.1 Å². The smallest absolute Gasteiger partial charge is 0.242 e. The summed E-state index contributed by atoms with van der Waals surface area (Å²) in [7, 11) is 0. The summed E-state index contributed by atoms with van der Waals surface area (Å²) >= 11 is 1.22. The Morgan fingerprint density at radius 3 is 2.45 bits per heavy atom. The van der Waals surface area contributed by atoms with Gasteiger partial charge in [-0.2, -0.15) is 0 Å². The van der Waals surface area contributed by atoms with Gasteiger partial charge in [-0.05, 0) is 38.8 Å². The highest BCUT2D eigenvalue weighted by atomic mass is 32.2. The Bertz CT molecular complexity index is 534. The Morgan fingerprint density at radius 2 is 1.90 bits per heavy atom. The minimum atomic E-state index is -0.326. The Kier molecular flexibility index (Phi) is 4.50. The molecule has 0 spiro atoms. The summed E-state index contributed by atoms with van der Waals surface area (Å²) in [5.41, 5.74) is 4.17. The molecule has 2 N–H and O–H groups in total. The third kappa shape index (κ3) is 3.22. The molecule has 0 bridgehead atoms. The zero-order valence-corrected chi connectivity index (χ0v) is 13.1. The Balaban J connectivity index is 2.11. The summed E-state index contributed by atoms with van der Waals surface area (Å²) in [6, 6.07) is 3.51. The minimum Gasteiger partial charge on any atom is -0.324 e. The average Bonchev–Trinajstić information content (AvgIpc) is 2.36. The molecule has 1 aliphatic heterocycles. The number of carbonyl (C=O) groups excluding carboxylic acids is 2. The summed E-state index contributed by atoms with van der Waals surface area (Å²) in [6.45, 7) is 7.81. The van der Waals surface area contributed by atoms with E-state index < -0.39 is 0 Å². The fraction of sp³-hybridized carbons (Fsp3) is 0.467. The van der Waals surface area contributed by atoms with Gasteiger partial charge in [0.25, 0.3) is 0 Å². The van der Waals surface area contributed by atoms with E-state index in [4.69, 9.17) is 0 Å². The summed E-state index contributed by atoms with van der Waals surface area (Å²) in [5, 5.41) is 6.13. The number of amides is 1. The summed E-state index contributed by atoms with van der Waals surface area (Å²) in [4.78, 5) is 23.7. The molecule has 2 rings (SSSR count). The predicted molar refractivity (Wildman–Crippen MR) is 83.1 cm³/mol. The van der Waals surface area contributed by atoms with Gasteiger partial charge in [0.15, 0.2) is 0 Å². The number of hydrogen-bond donors (Lipinski definition) is 2. The molecule has 1 fully saturated rings. The maximum absolute atomic E-state index is 12.3. The number of nitrogens with one attached hydrogen (secondary N) is 2. The van der Waals surface area contributed by atoms with Crippen molar-refractivity contribution in [3.05, 3.63) is 28.8 Å². The van der Waals surface area contributed by atoms with E-state index in [1.54, 1.807) is 6.92 Å². The van der Waals surface area contributed by atoms with Crippen molar-refractivity contribution < 1.29 is 9.59 Å². The van der Waals surface area contributed by atoms with Crippen molar-refractivity contribution in [2.45, 2.75) is 39.8 Å². The second-order valence-corrected chi connectivity index (χ2v) is 6.36. The van der Waals surface area contributed by atoms with Crippen LogP contribution in [0.2, 0.25) is 0 Å². The molecule has 1 heterocycles. The normalized spacial score (nSPS) is 22.7. The molecule has 1 aliphatic rings. The second kappa shape index (κ2) is 5.97. The van der Waals surface area contributed by atoms with Gasteiger partial charge in [-0.3, -0.25) is 14.9 Å². The maximum atomic E-state index is 12.3. The van der Waals surface area contributed by atoms with E-state index in [9.17, 15) is 9.59 Å². The number of carbonyl (C=O) groups is 2. The zero-order chi connectivity index (χ0) is 14.9. The first-order valence-electron chi connectivity index (χ1n) is 6.70. The molecule has 0 aromatic heterocycles. The van der Waals surface area contributed by atoms with Crippen LogP contribution >= 0.6 is 11.8 Å². The first-order chi connectivity index (χ1) is 9.38. The van der Waals surface area contributed by atoms with Gasteiger partial charge >= 0.3 is 0 Å². The minimum absolute atomic E-state index is 0.0769. The lowest BCUT2D eigenvalue weighted by Gasteiger charge is -2.26. The first kappa shape index (κ1) is 15.1. The standard InChI is InChI=1S/C15H20N2O2S/c1-8-5-9(2)13(10(3)6-8)17-14(18)12-7-20-15(19)11(4)16-12/h5-6,11-12,16H,7H2,1-4H3,(H,17,18)/t11-,12-/m0/s1. The maximum Gasteiger partial charge on any atom is 0.242 e. The van der Waals surface area contributed by atoms with Gasteiger partial charge < -0.3 is 5.32 Å². The quantitative estimate of drug-likeness (QED) is 0.877. The van der Waals surface area contributed by atoms with Crippen LogP contribution < -0.4 is 10.6 Å². The molecule has 20 heavy (non-hydrogen) atoms. The molecule has 2 atom stereocenters. The van der Waals surface area contributed by atoms with Gasteiger partial charge in [-0.1, -0.05) is 29.5 Å². The van der Waals surface area contributed by atoms with Crippen LogP contribution in [-0.2, 0) is 9.59 Å². The van der Waals surface area contributed by atoms with Crippen molar-refractivity contribution in [3.8, 4) is 0 Å². The highest BCUT2D eigenvalue weighted by molar-refractivity contribution is 8.13. The van der Waals surface area contributed by atoms with E-state index in [-0.39, 0.29) is 23.1 Å². The molecule has 108 valence electrons. The predicted octanol–water partition coefficient (Wildman–Crippen LogP) is 2.17. The molecule has 0 unspecified atom stereocenters. The van der Waals surface area contributed by atoms with Crippen LogP contribution in [0.1, 0.15) is 23.6 Å². The molecule has 0 aliphatic carbocycles. The molecule has 5 heteroatoms. The largest absolute Gasteiger partial charge is 0.324 e. The Hall–Kier alpha value is -1.33. The lowest BCUT2D eigenvalue weighted by molar-refractivity contribution is -0.118. The van der Waals surface area contributed by atoms with Crippen LogP contribution in [0.3, 0.4) is 0 Å². The summed E-state index contributed by atoms with van der Waals surface area (Å²) in [6.07, 6.45) is 0. The van der Waals surface area contributed by atoms with E-state index in [0.29, 0.717) is 5.75 Å². The molecule has 1 amide bonds. The van der Waals surface area contributed by atoms with Crippen LogP contribution in [0.4, 0.5) is 5.69 Å². The second-order valence-electron chi connectivity index (χ2n) is 5.33. The molecular formula is C15H20N2O2S. The third-order valence-corrected chi connectivity index (χ3v) is 4.58. The Labute approximate surface area is 123 Å². The van der Waals surface area contributed by atoms with E-state index in [2.05, 4.69) is 22.8 Å². The first-order valence-corrected chi connectivity index (χ1v) is 7.68. The third-order valence-electron chi connectivity index (χ3n) is 3.44. The molecule has 1 aromatic carbocycles. The average molecular weight is 292 g/mol. The topological polar surface area (TPSA) is 58.2 Å². The van der Waals surface area contributed by atoms with Gasteiger partial charge in [0.05, 0.1) is 12.1 Å². The molecule has 1 saturated heterocycles. The van der Waals surface area contributed by atoms with Crippen LogP contribution in [0.25, 0.3) is 0 Å². The summed E-state index contributed by atoms with van der Waals surface area (Å²) < 4.78 is 0. The van der Waals surface area contributed by atoms with E-state index in [0.717, 1.165) is 16.8 Å². The highest BCUT2D eigenvalue weighted by Gasteiger charge is 2.30. The van der Waals surface area contributed by atoms with Gasteiger partial charge in [0, 0.05) is 11.4 Å². The molecule has 4 nitrogen and oxygen atoms in total. The van der Waals surface area contributed by atoms with E-state index in [1.807, 2.05) is 20.8 Å². The van der Waals surface area contributed by atoms with Crippen molar-refractivity contribution in [2.75, 3.05) is 11.1 Å². The lowest BCUT2D eigenvalue weighted by Crippen LogP contribution is -2.52. The highest BCUT2D eigenvalue weighted by Crippen LogP contribution is 2.23. The number of thioether (sulfide) groups is 1. The van der Waals surface area contributed by atoms with Crippen LogP contribution in [0.5, 0.6) is 0 Å². The van der Waals surface area contributed by atoms with E-state index >= 15 is 0 Å². The van der Waals surface area contributed by atoms with Gasteiger partial charge in [0.2, 0.25) is 11.0 Å². The van der Waals surface area contributed by atoms with Gasteiger partial charge in [-0.15, -0.1) is 0 Å². The molecule has 1 aromatic rings. The fourth-order valence-corrected chi connectivity index (χ4v) is 3.34. The number of rotatable bonds is 2. The van der Waals surface area contributed by atoms with Crippen molar-refractivity contribution >= 4 is 28.5 Å². The summed E-state index contributed by atoms with van der Waals surface area (Å²) in [5.74, 6) is 0.408. The number of aryl methyl sites for hydroxylation is 3. The number of anilines is 1.